The van der Waals surface area contributed by atoms with E-state index in [0.717, 1.165) is 24.7 Å². The summed E-state index contributed by atoms with van der Waals surface area (Å²) in [6.45, 7) is 2.38. The van der Waals surface area contributed by atoms with Crippen molar-refractivity contribution in [3.05, 3.63) is 65.2 Å². The van der Waals surface area contributed by atoms with Crippen LogP contribution in [-0.4, -0.2) is 27.1 Å². The topological polar surface area (TPSA) is 63.2 Å². The second-order valence-corrected chi connectivity index (χ2v) is 8.59. The molecular weight excluding hydrogens is 322 g/mol. The molecule has 0 aliphatic heterocycles. The van der Waals surface area contributed by atoms with Crippen LogP contribution in [-0.2, 0) is 15.3 Å². The zero-order valence-corrected chi connectivity index (χ0v) is 14.7. The minimum atomic E-state index is -3.33. The number of aryl methyl sites for hydroxylation is 1. The molecule has 3 rings (SSSR count). The number of amides is 1. The van der Waals surface area contributed by atoms with Gasteiger partial charge in [0.25, 0.3) is 5.91 Å². The van der Waals surface area contributed by atoms with Gasteiger partial charge in [-0.3, -0.25) is 4.79 Å². The number of carbonyl (C=O) groups excluding carboxylic acids is 1. The summed E-state index contributed by atoms with van der Waals surface area (Å²) in [5.41, 5.74) is 2.46. The summed E-state index contributed by atoms with van der Waals surface area (Å²) in [4.78, 5) is 12.7. The number of hydrogen-bond donors (Lipinski definition) is 1. The van der Waals surface area contributed by atoms with Crippen LogP contribution >= 0.6 is 0 Å². The third kappa shape index (κ3) is 3.36. The molecule has 0 bridgehead atoms. The van der Waals surface area contributed by atoms with E-state index < -0.39 is 9.84 Å². The van der Waals surface area contributed by atoms with Crippen LogP contribution < -0.4 is 5.32 Å². The number of nitrogens with one attached hydrogen (secondary N) is 1. The van der Waals surface area contributed by atoms with Crippen molar-refractivity contribution in [3.8, 4) is 0 Å². The van der Waals surface area contributed by atoms with E-state index in [1.807, 2.05) is 25.1 Å². The highest BCUT2D eigenvalue weighted by atomic mass is 32.2. The van der Waals surface area contributed by atoms with Crippen LogP contribution in [0.1, 0.15) is 34.3 Å². The van der Waals surface area contributed by atoms with Crippen molar-refractivity contribution in [1.29, 1.82) is 0 Å². The summed E-state index contributed by atoms with van der Waals surface area (Å²) in [6.07, 6.45) is 3.26. The van der Waals surface area contributed by atoms with Crippen LogP contribution in [0.4, 0.5) is 0 Å². The van der Waals surface area contributed by atoms with E-state index in [-0.39, 0.29) is 16.2 Å². The van der Waals surface area contributed by atoms with E-state index in [4.69, 9.17) is 0 Å². The third-order valence-electron chi connectivity index (χ3n) is 4.71. The van der Waals surface area contributed by atoms with Crippen molar-refractivity contribution < 1.29 is 13.2 Å². The SMILES string of the molecule is Cc1ccc(S(C)(=O)=O)cc1C(=O)NCC1(c2ccccc2)CC1. The van der Waals surface area contributed by atoms with Gasteiger partial charge in [-0.15, -0.1) is 0 Å². The van der Waals surface area contributed by atoms with Crippen molar-refractivity contribution >= 4 is 15.7 Å². The second kappa shape index (κ2) is 6.06. The molecule has 0 unspecified atom stereocenters. The van der Waals surface area contributed by atoms with E-state index in [2.05, 4.69) is 17.4 Å². The molecule has 0 radical (unpaired) electrons. The minimum Gasteiger partial charge on any atom is -0.351 e. The monoisotopic (exact) mass is 343 g/mol. The van der Waals surface area contributed by atoms with Gasteiger partial charge >= 0.3 is 0 Å². The molecule has 1 fully saturated rings. The Hall–Kier alpha value is -2.14. The quantitative estimate of drug-likeness (QED) is 0.908. The highest BCUT2D eigenvalue weighted by molar-refractivity contribution is 7.90. The summed E-state index contributed by atoms with van der Waals surface area (Å²) < 4.78 is 23.4. The summed E-state index contributed by atoms with van der Waals surface area (Å²) in [7, 11) is -3.33. The van der Waals surface area contributed by atoms with Gasteiger partial charge in [-0.2, -0.15) is 0 Å². The van der Waals surface area contributed by atoms with Gasteiger partial charge in [0.1, 0.15) is 0 Å². The second-order valence-electron chi connectivity index (χ2n) is 6.58. The van der Waals surface area contributed by atoms with Gasteiger partial charge in [0.15, 0.2) is 9.84 Å². The van der Waals surface area contributed by atoms with Crippen LogP contribution in [0, 0.1) is 6.92 Å². The predicted octanol–water partition coefficient (Wildman–Crippen LogP) is 2.86. The Morgan fingerprint density at radius 3 is 2.38 bits per heavy atom. The molecule has 1 aliphatic carbocycles. The lowest BCUT2D eigenvalue weighted by Gasteiger charge is -2.17. The fourth-order valence-electron chi connectivity index (χ4n) is 2.93. The number of carbonyl (C=O) groups is 1. The Morgan fingerprint density at radius 1 is 1.12 bits per heavy atom. The van der Waals surface area contributed by atoms with Gasteiger partial charge < -0.3 is 5.32 Å². The fraction of sp³-hybridized carbons (Fsp3) is 0.316. The Labute approximate surface area is 142 Å². The van der Waals surface area contributed by atoms with Crippen LogP contribution in [0.5, 0.6) is 0 Å². The first kappa shape index (κ1) is 16.7. The molecule has 5 heteroatoms. The van der Waals surface area contributed by atoms with Gasteiger partial charge in [0, 0.05) is 23.8 Å². The molecule has 24 heavy (non-hydrogen) atoms. The van der Waals surface area contributed by atoms with Crippen molar-refractivity contribution in [2.45, 2.75) is 30.1 Å². The zero-order valence-electron chi connectivity index (χ0n) is 13.9. The maximum absolute atomic E-state index is 12.5. The molecule has 0 heterocycles. The van der Waals surface area contributed by atoms with E-state index in [9.17, 15) is 13.2 Å². The first-order chi connectivity index (χ1) is 11.3. The molecule has 0 spiro atoms. The maximum Gasteiger partial charge on any atom is 0.251 e. The van der Waals surface area contributed by atoms with Gasteiger partial charge in [0.05, 0.1) is 4.90 Å². The molecule has 4 nitrogen and oxygen atoms in total. The summed E-state index contributed by atoms with van der Waals surface area (Å²) >= 11 is 0. The molecular formula is C19H21NO3S. The van der Waals surface area contributed by atoms with Crippen molar-refractivity contribution in [2.75, 3.05) is 12.8 Å². The van der Waals surface area contributed by atoms with E-state index >= 15 is 0 Å². The Bertz CT molecular complexity index is 869. The number of sulfone groups is 1. The fourth-order valence-corrected chi connectivity index (χ4v) is 3.58. The van der Waals surface area contributed by atoms with Gasteiger partial charge in [0.2, 0.25) is 0 Å². The minimum absolute atomic E-state index is 0.0271. The van der Waals surface area contributed by atoms with Crippen LogP contribution in [0.2, 0.25) is 0 Å². The highest BCUT2D eigenvalue weighted by Gasteiger charge is 2.44. The first-order valence-corrected chi connectivity index (χ1v) is 9.85. The third-order valence-corrected chi connectivity index (χ3v) is 5.82. The molecule has 2 aromatic carbocycles. The molecule has 0 atom stereocenters. The summed E-state index contributed by atoms with van der Waals surface area (Å²) in [5, 5.41) is 2.99. The summed E-state index contributed by atoms with van der Waals surface area (Å²) in [5.74, 6) is -0.222. The molecule has 1 amide bonds. The predicted molar refractivity (Wildman–Crippen MR) is 94.0 cm³/mol. The van der Waals surface area contributed by atoms with Gasteiger partial charge in [-0.1, -0.05) is 36.4 Å². The zero-order chi connectivity index (χ0) is 17.4. The highest BCUT2D eigenvalue weighted by Crippen LogP contribution is 2.47. The van der Waals surface area contributed by atoms with Crippen LogP contribution in [0.3, 0.4) is 0 Å². The maximum atomic E-state index is 12.5. The largest absolute Gasteiger partial charge is 0.351 e. The van der Waals surface area contributed by atoms with Crippen molar-refractivity contribution in [1.82, 2.24) is 5.32 Å². The Balaban J connectivity index is 1.77. The van der Waals surface area contributed by atoms with Crippen LogP contribution in [0.25, 0.3) is 0 Å². The lowest BCUT2D eigenvalue weighted by atomic mass is 9.96. The molecule has 126 valence electrons. The lowest BCUT2D eigenvalue weighted by Crippen LogP contribution is -2.32. The standard InChI is InChI=1S/C19H21NO3S/c1-14-8-9-16(24(2,22)23)12-17(14)18(21)20-13-19(10-11-19)15-6-4-3-5-7-15/h3-9,12H,10-11,13H2,1-2H3,(H,20,21). The number of hydrogen-bond acceptors (Lipinski definition) is 3. The molecule has 2 aromatic rings. The van der Waals surface area contributed by atoms with Gasteiger partial charge in [-0.25, -0.2) is 8.42 Å². The number of rotatable bonds is 5. The van der Waals surface area contributed by atoms with Crippen molar-refractivity contribution in [2.24, 2.45) is 0 Å². The molecule has 0 saturated heterocycles. The molecule has 1 saturated carbocycles. The molecule has 1 aliphatic rings. The smallest absolute Gasteiger partial charge is 0.251 e. The first-order valence-electron chi connectivity index (χ1n) is 7.96. The van der Waals surface area contributed by atoms with E-state index in [0.29, 0.717) is 12.1 Å². The lowest BCUT2D eigenvalue weighted by molar-refractivity contribution is 0.0949. The van der Waals surface area contributed by atoms with E-state index in [1.54, 1.807) is 6.07 Å². The molecule has 0 aromatic heterocycles. The Kier molecular flexibility index (Phi) is 4.22. The van der Waals surface area contributed by atoms with Crippen LogP contribution in [0.15, 0.2) is 53.4 Å². The van der Waals surface area contributed by atoms with Crippen molar-refractivity contribution in [3.63, 3.8) is 0 Å². The molecule has 1 N–H and O–H groups in total. The summed E-state index contributed by atoms with van der Waals surface area (Å²) in [6, 6.07) is 14.9. The van der Waals surface area contributed by atoms with Gasteiger partial charge in [-0.05, 0) is 43.0 Å². The van der Waals surface area contributed by atoms with E-state index in [1.165, 1.54) is 17.7 Å². The average molecular weight is 343 g/mol. The normalized spacial score (nSPS) is 15.8. The average Bonchev–Trinajstić information content (AvgIpc) is 3.34. The number of benzene rings is 2. The Morgan fingerprint density at radius 2 is 1.79 bits per heavy atom.